The molecule has 98 valence electrons. The molecule has 0 atom stereocenters. The average Bonchev–Trinajstić information content (AvgIpc) is 2.32. The number of hydrogen-bond acceptors (Lipinski definition) is 3. The van der Waals surface area contributed by atoms with Gasteiger partial charge >= 0.3 is 0 Å². The molecule has 0 saturated heterocycles. The number of nitro groups is 1. The lowest BCUT2D eigenvalue weighted by Gasteiger charge is -2.09. The van der Waals surface area contributed by atoms with Crippen LogP contribution in [0, 0.1) is 17.0 Å². The monoisotopic (exact) mass is 341 g/mol. The van der Waals surface area contributed by atoms with Gasteiger partial charge in [0, 0.05) is 15.6 Å². The molecule has 0 radical (unpaired) electrons. The number of nitro benzene ring substituents is 1. The topological polar surface area (TPSA) is 52.4 Å². The van der Waals surface area contributed by atoms with Gasteiger partial charge in [-0.05, 0) is 36.8 Å². The molecule has 0 heterocycles. The van der Waals surface area contributed by atoms with E-state index in [1.165, 1.54) is 12.1 Å². The lowest BCUT2D eigenvalue weighted by Crippen LogP contribution is -1.91. The Kier molecular flexibility index (Phi) is 4.07. The molecule has 19 heavy (non-hydrogen) atoms. The first-order chi connectivity index (χ1) is 8.95. The molecule has 0 aliphatic carbocycles. The van der Waals surface area contributed by atoms with Crippen LogP contribution < -0.4 is 4.74 Å². The molecular formula is C13H9BrClNO3. The van der Waals surface area contributed by atoms with E-state index in [1.807, 2.05) is 6.92 Å². The molecule has 4 nitrogen and oxygen atoms in total. The zero-order valence-electron chi connectivity index (χ0n) is 9.89. The highest BCUT2D eigenvalue weighted by molar-refractivity contribution is 9.10. The molecular weight excluding hydrogens is 334 g/mol. The summed E-state index contributed by atoms with van der Waals surface area (Å²) in [6.07, 6.45) is 0. The zero-order chi connectivity index (χ0) is 14.0. The van der Waals surface area contributed by atoms with E-state index in [4.69, 9.17) is 16.3 Å². The predicted octanol–water partition coefficient (Wildman–Crippen LogP) is 5.11. The largest absolute Gasteiger partial charge is 0.457 e. The highest BCUT2D eigenvalue weighted by atomic mass is 79.9. The number of hydrogen-bond donors (Lipinski definition) is 0. The van der Waals surface area contributed by atoms with Crippen LogP contribution in [-0.2, 0) is 0 Å². The van der Waals surface area contributed by atoms with Gasteiger partial charge in [0.2, 0.25) is 0 Å². The van der Waals surface area contributed by atoms with Crippen LogP contribution in [0.15, 0.2) is 40.9 Å². The lowest BCUT2D eigenvalue weighted by atomic mass is 10.2. The quantitative estimate of drug-likeness (QED) is 0.575. The maximum atomic E-state index is 10.8. The molecule has 2 aromatic rings. The van der Waals surface area contributed by atoms with E-state index in [2.05, 4.69) is 15.9 Å². The summed E-state index contributed by atoms with van der Waals surface area (Å²) >= 11 is 9.08. The summed E-state index contributed by atoms with van der Waals surface area (Å²) in [4.78, 5) is 10.3. The van der Waals surface area contributed by atoms with E-state index in [9.17, 15) is 10.1 Å². The molecule has 2 aromatic carbocycles. The smallest absolute Gasteiger partial charge is 0.274 e. The Hall–Kier alpha value is -1.59. The van der Waals surface area contributed by atoms with Crippen molar-refractivity contribution in [3.05, 3.63) is 61.6 Å². The fraction of sp³-hybridized carbons (Fsp3) is 0.0769. The van der Waals surface area contributed by atoms with Crippen molar-refractivity contribution < 1.29 is 9.66 Å². The summed E-state index contributed by atoms with van der Waals surface area (Å²) in [5.74, 6) is 1.00. The van der Waals surface area contributed by atoms with Crippen molar-refractivity contribution in [2.45, 2.75) is 6.92 Å². The van der Waals surface area contributed by atoms with E-state index in [0.717, 1.165) is 5.56 Å². The van der Waals surface area contributed by atoms with Crippen LogP contribution in [0.2, 0.25) is 5.02 Å². The number of aryl methyl sites for hydroxylation is 1. The third kappa shape index (κ3) is 3.45. The van der Waals surface area contributed by atoms with Crippen LogP contribution in [0.3, 0.4) is 0 Å². The van der Waals surface area contributed by atoms with Crippen LogP contribution in [0.1, 0.15) is 5.56 Å². The minimum atomic E-state index is -0.466. The summed E-state index contributed by atoms with van der Waals surface area (Å²) < 4.78 is 6.23. The van der Waals surface area contributed by atoms with Crippen molar-refractivity contribution in [1.29, 1.82) is 0 Å². The van der Waals surface area contributed by atoms with E-state index in [-0.39, 0.29) is 5.69 Å². The summed E-state index contributed by atoms with van der Waals surface area (Å²) in [5, 5.41) is 11.4. The summed E-state index contributed by atoms with van der Waals surface area (Å²) in [7, 11) is 0. The van der Waals surface area contributed by atoms with E-state index < -0.39 is 4.92 Å². The van der Waals surface area contributed by atoms with Crippen LogP contribution in [-0.4, -0.2) is 4.92 Å². The third-order valence-corrected chi connectivity index (χ3v) is 3.12. The summed E-state index contributed by atoms with van der Waals surface area (Å²) in [5.41, 5.74) is 0.825. The van der Waals surface area contributed by atoms with Crippen LogP contribution in [0.4, 0.5) is 5.69 Å². The maximum absolute atomic E-state index is 10.8. The predicted molar refractivity (Wildman–Crippen MR) is 77.1 cm³/mol. The molecule has 2 rings (SSSR count). The molecule has 0 amide bonds. The van der Waals surface area contributed by atoms with Crippen molar-refractivity contribution >= 4 is 33.2 Å². The van der Waals surface area contributed by atoms with Gasteiger partial charge in [-0.1, -0.05) is 27.5 Å². The second kappa shape index (κ2) is 5.59. The van der Waals surface area contributed by atoms with Gasteiger partial charge in [-0.25, -0.2) is 0 Å². The second-order valence-corrected chi connectivity index (χ2v) is 5.27. The maximum Gasteiger partial charge on any atom is 0.274 e. The highest BCUT2D eigenvalue weighted by Gasteiger charge is 2.11. The Morgan fingerprint density at radius 3 is 2.63 bits per heavy atom. The molecule has 0 unspecified atom stereocenters. The Morgan fingerprint density at radius 1 is 1.26 bits per heavy atom. The normalized spacial score (nSPS) is 10.3. The van der Waals surface area contributed by atoms with E-state index >= 15 is 0 Å². The molecule has 0 aliphatic rings. The van der Waals surface area contributed by atoms with Gasteiger partial charge in [0.05, 0.1) is 11.0 Å². The minimum absolute atomic E-state index is 0.0315. The Balaban J connectivity index is 2.35. The van der Waals surface area contributed by atoms with Crippen LogP contribution >= 0.6 is 27.5 Å². The van der Waals surface area contributed by atoms with Crippen LogP contribution in [0.5, 0.6) is 11.5 Å². The molecule has 0 spiro atoms. The molecule has 6 heteroatoms. The number of nitrogens with zero attached hydrogens (tertiary/aromatic N) is 1. The van der Waals surface area contributed by atoms with Gasteiger partial charge in [-0.15, -0.1) is 0 Å². The zero-order valence-corrected chi connectivity index (χ0v) is 12.2. The van der Waals surface area contributed by atoms with E-state index in [1.54, 1.807) is 24.3 Å². The fourth-order valence-electron chi connectivity index (χ4n) is 1.57. The number of benzene rings is 2. The standard InChI is InChI=1S/C13H9BrClNO3/c1-8-4-10(15)2-3-13(8)19-12-6-9(14)5-11(7-12)16(17)18/h2-7H,1H3. The van der Waals surface area contributed by atoms with Crippen molar-refractivity contribution in [3.63, 3.8) is 0 Å². The van der Waals surface area contributed by atoms with Gasteiger partial charge in [0.1, 0.15) is 11.5 Å². The molecule has 0 saturated carbocycles. The van der Waals surface area contributed by atoms with Gasteiger partial charge < -0.3 is 4.74 Å². The van der Waals surface area contributed by atoms with Gasteiger partial charge in [0.15, 0.2) is 0 Å². The fourth-order valence-corrected chi connectivity index (χ4v) is 2.25. The first-order valence-electron chi connectivity index (χ1n) is 5.35. The highest BCUT2D eigenvalue weighted by Crippen LogP contribution is 2.31. The SMILES string of the molecule is Cc1cc(Cl)ccc1Oc1cc(Br)cc([N+](=O)[O-])c1. The number of ether oxygens (including phenoxy) is 1. The second-order valence-electron chi connectivity index (χ2n) is 3.91. The average molecular weight is 343 g/mol. The lowest BCUT2D eigenvalue weighted by molar-refractivity contribution is -0.385. The van der Waals surface area contributed by atoms with Crippen molar-refractivity contribution in [1.82, 2.24) is 0 Å². The molecule has 0 fully saturated rings. The Morgan fingerprint density at radius 2 is 2.00 bits per heavy atom. The van der Waals surface area contributed by atoms with Gasteiger partial charge in [0.25, 0.3) is 5.69 Å². The number of non-ortho nitro benzene ring substituents is 1. The van der Waals surface area contributed by atoms with Gasteiger partial charge in [-0.2, -0.15) is 0 Å². The summed E-state index contributed by atoms with van der Waals surface area (Å²) in [6.45, 7) is 1.85. The van der Waals surface area contributed by atoms with Crippen molar-refractivity contribution in [2.75, 3.05) is 0 Å². The number of rotatable bonds is 3. The summed E-state index contributed by atoms with van der Waals surface area (Å²) in [6, 6.07) is 9.66. The number of halogens is 2. The first-order valence-corrected chi connectivity index (χ1v) is 6.52. The van der Waals surface area contributed by atoms with E-state index in [0.29, 0.717) is 21.0 Å². The van der Waals surface area contributed by atoms with Crippen molar-refractivity contribution in [3.8, 4) is 11.5 Å². The Bertz CT molecular complexity index is 646. The third-order valence-electron chi connectivity index (χ3n) is 2.43. The van der Waals surface area contributed by atoms with Crippen molar-refractivity contribution in [2.24, 2.45) is 0 Å². The first kappa shape index (κ1) is 13.8. The Labute approximate surface area is 123 Å². The van der Waals surface area contributed by atoms with Gasteiger partial charge in [-0.3, -0.25) is 10.1 Å². The molecule has 0 N–H and O–H groups in total. The minimum Gasteiger partial charge on any atom is -0.457 e. The molecule has 0 aromatic heterocycles. The molecule has 0 bridgehead atoms. The van der Waals surface area contributed by atoms with Crippen LogP contribution in [0.25, 0.3) is 0 Å². The molecule has 0 aliphatic heterocycles.